The quantitative estimate of drug-likeness (QED) is 0.735. The van der Waals surface area contributed by atoms with E-state index in [-0.39, 0.29) is 0 Å². The minimum absolute atomic E-state index is 0.333. The summed E-state index contributed by atoms with van der Waals surface area (Å²) in [6.07, 6.45) is 4.00. The number of ether oxygens (including phenoxy) is 1. The van der Waals surface area contributed by atoms with Gasteiger partial charge in [0, 0.05) is 11.5 Å². The van der Waals surface area contributed by atoms with Crippen LogP contribution in [0.4, 0.5) is 0 Å². The van der Waals surface area contributed by atoms with E-state index < -0.39 is 0 Å². The zero-order valence-electron chi connectivity index (χ0n) is 6.69. The predicted molar refractivity (Wildman–Crippen MR) is 46.4 cm³/mol. The molecule has 1 aromatic rings. The van der Waals surface area contributed by atoms with Gasteiger partial charge in [-0.1, -0.05) is 0 Å². The van der Waals surface area contributed by atoms with E-state index in [1.165, 1.54) is 17.9 Å². The van der Waals surface area contributed by atoms with Crippen molar-refractivity contribution in [2.75, 3.05) is 13.1 Å². The summed E-state index contributed by atoms with van der Waals surface area (Å²) >= 11 is 1.31. The molecule has 12 heavy (non-hydrogen) atoms. The summed E-state index contributed by atoms with van der Waals surface area (Å²) in [5.41, 5.74) is 0. The van der Waals surface area contributed by atoms with Gasteiger partial charge in [0.05, 0.1) is 0 Å². The van der Waals surface area contributed by atoms with Gasteiger partial charge >= 0.3 is 0 Å². The second kappa shape index (κ2) is 3.82. The number of piperidine rings is 1. The fraction of sp³-hybridized carbons (Fsp3) is 0.714. The maximum atomic E-state index is 5.60. The number of rotatable bonds is 2. The molecule has 0 atom stereocenters. The van der Waals surface area contributed by atoms with Crippen molar-refractivity contribution in [1.29, 1.82) is 0 Å². The van der Waals surface area contributed by atoms with Crippen molar-refractivity contribution < 1.29 is 4.74 Å². The summed E-state index contributed by atoms with van der Waals surface area (Å²) in [7, 11) is 0. The van der Waals surface area contributed by atoms with Gasteiger partial charge in [-0.2, -0.15) is 9.36 Å². The van der Waals surface area contributed by atoms with Gasteiger partial charge in [0.1, 0.15) is 12.4 Å². The Morgan fingerprint density at radius 2 is 2.33 bits per heavy atom. The Hall–Kier alpha value is -0.680. The van der Waals surface area contributed by atoms with Gasteiger partial charge in [-0.3, -0.25) is 0 Å². The highest BCUT2D eigenvalue weighted by atomic mass is 32.1. The van der Waals surface area contributed by atoms with E-state index in [4.69, 9.17) is 4.74 Å². The molecule has 1 N–H and O–H groups in total. The Bertz CT molecular complexity index is 221. The zero-order chi connectivity index (χ0) is 8.23. The first-order valence-electron chi connectivity index (χ1n) is 4.09. The van der Waals surface area contributed by atoms with Crippen LogP contribution in [0.5, 0.6) is 5.19 Å². The van der Waals surface area contributed by atoms with E-state index in [0.29, 0.717) is 11.3 Å². The van der Waals surface area contributed by atoms with E-state index in [9.17, 15) is 0 Å². The number of nitrogens with one attached hydrogen (secondary N) is 1. The van der Waals surface area contributed by atoms with E-state index in [2.05, 4.69) is 14.7 Å². The molecule has 0 unspecified atom stereocenters. The Morgan fingerprint density at radius 3 is 3.00 bits per heavy atom. The standard InChI is InChI=1S/C7H11N3OS/c1-3-8-4-2-6(1)11-7-9-5-10-12-7/h5-6,8H,1-4H2. The summed E-state index contributed by atoms with van der Waals surface area (Å²) in [4.78, 5) is 3.98. The summed E-state index contributed by atoms with van der Waals surface area (Å²) in [5.74, 6) is 0. The third kappa shape index (κ3) is 1.92. The van der Waals surface area contributed by atoms with Crippen LogP contribution < -0.4 is 10.1 Å². The molecule has 5 heteroatoms. The molecule has 1 saturated heterocycles. The number of hydrogen-bond donors (Lipinski definition) is 1. The maximum absolute atomic E-state index is 5.60. The Kier molecular flexibility index (Phi) is 2.53. The van der Waals surface area contributed by atoms with Gasteiger partial charge in [0.2, 0.25) is 0 Å². The van der Waals surface area contributed by atoms with Crippen molar-refractivity contribution in [2.45, 2.75) is 18.9 Å². The largest absolute Gasteiger partial charge is 0.466 e. The van der Waals surface area contributed by atoms with E-state index in [0.717, 1.165) is 25.9 Å². The highest BCUT2D eigenvalue weighted by Crippen LogP contribution is 2.16. The first kappa shape index (κ1) is 7.94. The lowest BCUT2D eigenvalue weighted by molar-refractivity contribution is 0.162. The van der Waals surface area contributed by atoms with Crippen LogP contribution in [0.2, 0.25) is 0 Å². The Labute approximate surface area is 75.1 Å². The van der Waals surface area contributed by atoms with Crippen molar-refractivity contribution in [2.24, 2.45) is 0 Å². The minimum atomic E-state index is 0.333. The monoisotopic (exact) mass is 185 g/mol. The molecule has 66 valence electrons. The van der Waals surface area contributed by atoms with E-state index in [1.807, 2.05) is 0 Å². The average molecular weight is 185 g/mol. The van der Waals surface area contributed by atoms with Gasteiger partial charge in [-0.05, 0) is 25.9 Å². The normalized spacial score (nSPS) is 19.3. The van der Waals surface area contributed by atoms with Crippen LogP contribution in [0.3, 0.4) is 0 Å². The average Bonchev–Trinajstić information content (AvgIpc) is 2.59. The van der Waals surface area contributed by atoms with Gasteiger partial charge in [0.15, 0.2) is 0 Å². The van der Waals surface area contributed by atoms with Crippen LogP contribution >= 0.6 is 11.5 Å². The van der Waals surface area contributed by atoms with E-state index >= 15 is 0 Å². The number of aromatic nitrogens is 2. The van der Waals surface area contributed by atoms with Gasteiger partial charge < -0.3 is 10.1 Å². The molecular weight excluding hydrogens is 174 g/mol. The van der Waals surface area contributed by atoms with Gasteiger partial charge in [-0.25, -0.2) is 0 Å². The fourth-order valence-corrected chi connectivity index (χ4v) is 1.73. The molecule has 1 fully saturated rings. The number of nitrogens with zero attached hydrogens (tertiary/aromatic N) is 2. The number of hydrogen-bond acceptors (Lipinski definition) is 5. The summed E-state index contributed by atoms with van der Waals surface area (Å²) < 4.78 is 9.48. The third-order valence-electron chi connectivity index (χ3n) is 1.89. The molecule has 0 radical (unpaired) electrons. The predicted octanol–water partition coefficient (Wildman–Crippen LogP) is 0.669. The lowest BCUT2D eigenvalue weighted by Gasteiger charge is -2.21. The van der Waals surface area contributed by atoms with Crippen LogP contribution in [0.1, 0.15) is 12.8 Å². The lowest BCUT2D eigenvalue weighted by atomic mass is 10.1. The molecule has 1 aliphatic heterocycles. The Morgan fingerprint density at radius 1 is 1.50 bits per heavy atom. The first-order chi connectivity index (χ1) is 5.95. The van der Waals surface area contributed by atoms with Crippen molar-refractivity contribution in [3.05, 3.63) is 6.33 Å². The second-order valence-electron chi connectivity index (χ2n) is 2.77. The van der Waals surface area contributed by atoms with Crippen LogP contribution in [-0.4, -0.2) is 28.6 Å². The van der Waals surface area contributed by atoms with Gasteiger partial charge in [-0.15, -0.1) is 0 Å². The summed E-state index contributed by atoms with van der Waals surface area (Å²) in [6.45, 7) is 2.09. The summed E-state index contributed by atoms with van der Waals surface area (Å²) in [6, 6.07) is 0. The van der Waals surface area contributed by atoms with Gasteiger partial charge in [0.25, 0.3) is 5.19 Å². The molecule has 0 amide bonds. The molecule has 0 aliphatic carbocycles. The highest BCUT2D eigenvalue weighted by Gasteiger charge is 2.15. The molecular formula is C7H11N3OS. The van der Waals surface area contributed by atoms with Crippen molar-refractivity contribution in [3.8, 4) is 5.19 Å². The van der Waals surface area contributed by atoms with E-state index in [1.54, 1.807) is 0 Å². The maximum Gasteiger partial charge on any atom is 0.293 e. The van der Waals surface area contributed by atoms with Crippen molar-refractivity contribution >= 4 is 11.5 Å². The SMILES string of the molecule is c1nsc(OC2CCNCC2)n1. The molecule has 0 spiro atoms. The molecule has 2 rings (SSSR count). The second-order valence-corrected chi connectivity index (χ2v) is 3.52. The fourth-order valence-electron chi connectivity index (χ4n) is 1.27. The molecule has 0 saturated carbocycles. The van der Waals surface area contributed by atoms with Crippen molar-refractivity contribution in [3.63, 3.8) is 0 Å². The molecule has 1 aliphatic rings. The zero-order valence-corrected chi connectivity index (χ0v) is 7.51. The van der Waals surface area contributed by atoms with Crippen LogP contribution in [-0.2, 0) is 0 Å². The van der Waals surface area contributed by atoms with Crippen molar-refractivity contribution in [1.82, 2.24) is 14.7 Å². The third-order valence-corrected chi connectivity index (χ3v) is 2.45. The minimum Gasteiger partial charge on any atom is -0.466 e. The lowest BCUT2D eigenvalue weighted by Crippen LogP contribution is -2.34. The molecule has 0 aromatic carbocycles. The molecule has 4 nitrogen and oxygen atoms in total. The molecule has 0 bridgehead atoms. The Balaban J connectivity index is 1.86. The van der Waals surface area contributed by atoms with Crippen LogP contribution in [0.15, 0.2) is 6.33 Å². The van der Waals surface area contributed by atoms with Crippen LogP contribution in [0.25, 0.3) is 0 Å². The smallest absolute Gasteiger partial charge is 0.293 e. The molecule has 1 aromatic heterocycles. The summed E-state index contributed by atoms with van der Waals surface area (Å²) in [5, 5.41) is 3.98. The highest BCUT2D eigenvalue weighted by molar-refractivity contribution is 7.07. The van der Waals surface area contributed by atoms with Crippen LogP contribution in [0, 0.1) is 0 Å². The topological polar surface area (TPSA) is 47.0 Å². The molecule has 2 heterocycles. The first-order valence-corrected chi connectivity index (χ1v) is 4.86.